The molecule has 0 saturated carbocycles. The lowest BCUT2D eigenvalue weighted by atomic mass is 9.99. The average Bonchev–Trinajstić information content (AvgIpc) is 2.26. The summed E-state index contributed by atoms with van der Waals surface area (Å²) in [5.41, 5.74) is 13.1. The zero-order valence-corrected chi connectivity index (χ0v) is 10.1. The van der Waals surface area contributed by atoms with E-state index >= 15 is 0 Å². The van der Waals surface area contributed by atoms with Crippen LogP contribution in [0.15, 0.2) is 18.2 Å². The lowest BCUT2D eigenvalue weighted by Gasteiger charge is -2.31. The normalized spacial score (nSPS) is 20.3. The molecule has 1 heterocycles. The van der Waals surface area contributed by atoms with E-state index in [-0.39, 0.29) is 5.91 Å². The van der Waals surface area contributed by atoms with Gasteiger partial charge in [0.05, 0.1) is 0 Å². The third-order valence-electron chi connectivity index (χ3n) is 3.17. The standard InChI is InChI=1S/C13H19N3O/c1-9-3-2-4-16(8-9)13(17)10-5-11(14)7-12(15)6-10/h5-7,9H,2-4,8,14-15H2,1H3/t9-/m0/s1. The van der Waals surface area contributed by atoms with Crippen LogP contribution in [0.25, 0.3) is 0 Å². The van der Waals surface area contributed by atoms with Crippen LogP contribution < -0.4 is 11.5 Å². The maximum Gasteiger partial charge on any atom is 0.254 e. The van der Waals surface area contributed by atoms with Crippen molar-refractivity contribution in [3.8, 4) is 0 Å². The minimum atomic E-state index is 0.0375. The molecule has 0 unspecified atom stereocenters. The molecular weight excluding hydrogens is 214 g/mol. The van der Waals surface area contributed by atoms with Gasteiger partial charge in [-0.25, -0.2) is 0 Å². The zero-order chi connectivity index (χ0) is 12.4. The van der Waals surface area contributed by atoms with Gasteiger partial charge in [0.15, 0.2) is 0 Å². The van der Waals surface area contributed by atoms with E-state index < -0.39 is 0 Å². The molecule has 4 nitrogen and oxygen atoms in total. The van der Waals surface area contributed by atoms with Crippen molar-refractivity contribution in [1.82, 2.24) is 4.90 Å². The van der Waals surface area contributed by atoms with Crippen LogP contribution in [0.2, 0.25) is 0 Å². The van der Waals surface area contributed by atoms with E-state index in [9.17, 15) is 4.79 Å². The number of likely N-dealkylation sites (tertiary alicyclic amines) is 1. The predicted octanol–water partition coefficient (Wildman–Crippen LogP) is 1.72. The largest absolute Gasteiger partial charge is 0.399 e. The third-order valence-corrected chi connectivity index (χ3v) is 3.17. The molecule has 1 amide bonds. The number of anilines is 2. The van der Waals surface area contributed by atoms with E-state index in [0.29, 0.717) is 22.9 Å². The van der Waals surface area contributed by atoms with Crippen LogP contribution in [0.3, 0.4) is 0 Å². The highest BCUT2D eigenvalue weighted by Gasteiger charge is 2.22. The zero-order valence-electron chi connectivity index (χ0n) is 10.1. The van der Waals surface area contributed by atoms with Gasteiger partial charge >= 0.3 is 0 Å². The molecule has 0 radical (unpaired) electrons. The number of amides is 1. The van der Waals surface area contributed by atoms with Crippen molar-refractivity contribution in [3.05, 3.63) is 23.8 Å². The molecule has 0 aromatic heterocycles. The molecule has 0 bridgehead atoms. The van der Waals surface area contributed by atoms with Crippen LogP contribution in [-0.4, -0.2) is 23.9 Å². The van der Waals surface area contributed by atoms with Gasteiger partial charge in [0.25, 0.3) is 5.91 Å². The molecule has 1 aromatic rings. The van der Waals surface area contributed by atoms with Crippen molar-refractivity contribution in [2.75, 3.05) is 24.6 Å². The highest BCUT2D eigenvalue weighted by Crippen LogP contribution is 2.20. The van der Waals surface area contributed by atoms with Gasteiger partial charge in [0.1, 0.15) is 0 Å². The molecule has 1 aliphatic heterocycles. The topological polar surface area (TPSA) is 72.3 Å². The predicted molar refractivity (Wildman–Crippen MR) is 69.6 cm³/mol. The fraction of sp³-hybridized carbons (Fsp3) is 0.462. The summed E-state index contributed by atoms with van der Waals surface area (Å²) in [4.78, 5) is 14.2. The first-order chi connectivity index (χ1) is 8.06. The molecular formula is C13H19N3O. The van der Waals surface area contributed by atoms with Crippen LogP contribution in [0.1, 0.15) is 30.1 Å². The number of nitrogens with two attached hydrogens (primary N) is 2. The summed E-state index contributed by atoms with van der Waals surface area (Å²) >= 11 is 0. The van der Waals surface area contributed by atoms with Gasteiger partial charge in [-0.05, 0) is 37.0 Å². The van der Waals surface area contributed by atoms with Crippen LogP contribution in [0.4, 0.5) is 11.4 Å². The summed E-state index contributed by atoms with van der Waals surface area (Å²) in [5, 5.41) is 0. The van der Waals surface area contributed by atoms with E-state index in [0.717, 1.165) is 19.5 Å². The summed E-state index contributed by atoms with van der Waals surface area (Å²) in [6.07, 6.45) is 2.27. The molecule has 0 aliphatic carbocycles. The highest BCUT2D eigenvalue weighted by atomic mass is 16.2. The Bertz CT molecular complexity index is 410. The first-order valence-electron chi connectivity index (χ1n) is 6.01. The van der Waals surface area contributed by atoms with E-state index in [2.05, 4.69) is 6.92 Å². The van der Waals surface area contributed by atoms with Crippen LogP contribution in [0, 0.1) is 5.92 Å². The van der Waals surface area contributed by atoms with Crippen molar-refractivity contribution in [1.29, 1.82) is 0 Å². The summed E-state index contributed by atoms with van der Waals surface area (Å²) in [5.74, 6) is 0.613. The maximum absolute atomic E-state index is 12.3. The number of carbonyl (C=O) groups excluding carboxylic acids is 1. The lowest BCUT2D eigenvalue weighted by Crippen LogP contribution is -2.39. The van der Waals surface area contributed by atoms with E-state index in [1.54, 1.807) is 18.2 Å². The van der Waals surface area contributed by atoms with Crippen molar-refractivity contribution in [3.63, 3.8) is 0 Å². The molecule has 1 aromatic carbocycles. The molecule has 1 saturated heterocycles. The smallest absolute Gasteiger partial charge is 0.254 e. The number of benzene rings is 1. The van der Waals surface area contributed by atoms with Gasteiger partial charge < -0.3 is 16.4 Å². The summed E-state index contributed by atoms with van der Waals surface area (Å²) in [6, 6.07) is 5.05. The van der Waals surface area contributed by atoms with Crippen LogP contribution in [-0.2, 0) is 0 Å². The summed E-state index contributed by atoms with van der Waals surface area (Å²) in [7, 11) is 0. The number of hydrogen-bond acceptors (Lipinski definition) is 3. The Morgan fingerprint density at radius 2 is 1.94 bits per heavy atom. The number of nitrogens with zero attached hydrogens (tertiary/aromatic N) is 1. The van der Waals surface area contributed by atoms with Gasteiger partial charge in [-0.1, -0.05) is 6.92 Å². The fourth-order valence-corrected chi connectivity index (χ4v) is 2.36. The SMILES string of the molecule is C[C@H]1CCCN(C(=O)c2cc(N)cc(N)c2)C1. The van der Waals surface area contributed by atoms with E-state index in [1.165, 1.54) is 6.42 Å². The Balaban J connectivity index is 2.18. The van der Waals surface area contributed by atoms with Crippen molar-refractivity contribution in [2.24, 2.45) is 5.92 Å². The Hall–Kier alpha value is -1.71. The monoisotopic (exact) mass is 233 g/mol. The molecule has 1 atom stereocenters. The third kappa shape index (κ3) is 2.70. The second-order valence-corrected chi connectivity index (χ2v) is 4.89. The van der Waals surface area contributed by atoms with Gasteiger partial charge in [-0.15, -0.1) is 0 Å². The van der Waals surface area contributed by atoms with Crippen LogP contribution in [0.5, 0.6) is 0 Å². The highest BCUT2D eigenvalue weighted by molar-refractivity contribution is 5.96. The molecule has 4 heteroatoms. The number of rotatable bonds is 1. The Morgan fingerprint density at radius 1 is 1.29 bits per heavy atom. The second kappa shape index (κ2) is 4.65. The number of hydrogen-bond donors (Lipinski definition) is 2. The lowest BCUT2D eigenvalue weighted by molar-refractivity contribution is 0.0683. The minimum absolute atomic E-state index is 0.0375. The fourth-order valence-electron chi connectivity index (χ4n) is 2.36. The van der Waals surface area contributed by atoms with Gasteiger partial charge in [-0.2, -0.15) is 0 Å². The number of nitrogen functional groups attached to an aromatic ring is 2. The molecule has 0 spiro atoms. The second-order valence-electron chi connectivity index (χ2n) is 4.89. The van der Waals surface area contributed by atoms with E-state index in [1.807, 2.05) is 4.90 Å². The molecule has 17 heavy (non-hydrogen) atoms. The summed E-state index contributed by atoms with van der Waals surface area (Å²) in [6.45, 7) is 3.83. The minimum Gasteiger partial charge on any atom is -0.399 e. The molecule has 2 rings (SSSR count). The first-order valence-corrected chi connectivity index (χ1v) is 6.01. The Morgan fingerprint density at radius 3 is 2.53 bits per heavy atom. The number of piperidine rings is 1. The molecule has 1 fully saturated rings. The first kappa shape index (κ1) is 11.8. The molecule has 4 N–H and O–H groups in total. The van der Waals surface area contributed by atoms with Crippen molar-refractivity contribution in [2.45, 2.75) is 19.8 Å². The average molecular weight is 233 g/mol. The van der Waals surface area contributed by atoms with Gasteiger partial charge in [0, 0.05) is 30.0 Å². The van der Waals surface area contributed by atoms with Gasteiger partial charge in [-0.3, -0.25) is 4.79 Å². The number of carbonyl (C=O) groups is 1. The maximum atomic E-state index is 12.3. The van der Waals surface area contributed by atoms with Crippen LogP contribution >= 0.6 is 0 Å². The Kier molecular flexibility index (Phi) is 3.22. The Labute approximate surface area is 102 Å². The van der Waals surface area contributed by atoms with Crippen molar-refractivity contribution < 1.29 is 4.79 Å². The summed E-state index contributed by atoms with van der Waals surface area (Å²) < 4.78 is 0. The van der Waals surface area contributed by atoms with Crippen molar-refractivity contribution >= 4 is 17.3 Å². The quantitative estimate of drug-likeness (QED) is 0.725. The van der Waals surface area contributed by atoms with E-state index in [4.69, 9.17) is 11.5 Å². The van der Waals surface area contributed by atoms with Gasteiger partial charge in [0.2, 0.25) is 0 Å². The molecule has 1 aliphatic rings. The molecule has 92 valence electrons.